The molecular weight excluding hydrogens is 965 g/mol. The minimum atomic E-state index is -2.36. The zero-order chi connectivity index (χ0) is 55.1. The fourth-order valence-corrected chi connectivity index (χ4v) is 8.84. The highest BCUT2D eigenvalue weighted by atomic mass is 16.7. The monoisotopic (exact) mass is 1050 g/mol. The number of aliphatic hydroxyl groups excluding tert-OH is 9. The molecule has 0 aromatic heterocycles. The van der Waals surface area contributed by atoms with Gasteiger partial charge in [-0.2, -0.15) is 0 Å². The van der Waals surface area contributed by atoms with E-state index in [1.165, 1.54) is 13.0 Å². The predicted octanol–water partition coefficient (Wildman–Crippen LogP) is 0.698. The number of terminal acetylenes is 1. The van der Waals surface area contributed by atoms with E-state index >= 15 is 0 Å². The van der Waals surface area contributed by atoms with Crippen LogP contribution in [0.2, 0.25) is 0 Å². The highest BCUT2D eigenvalue weighted by molar-refractivity contribution is 5.77. The number of hydrogen-bond donors (Lipinski definition) is 12. The van der Waals surface area contributed by atoms with Gasteiger partial charge in [-0.05, 0) is 40.0 Å². The number of hydrogen-bond acceptors (Lipinski definition) is 19. The normalized spacial score (nSPS) is 41.6. The van der Waals surface area contributed by atoms with Crippen LogP contribution in [0, 0.1) is 30.1 Å². The summed E-state index contributed by atoms with van der Waals surface area (Å²) in [7, 11) is 0. The molecule has 0 aromatic carbocycles. The number of carbonyl (C=O) groups excluding carboxylic acids is 3. The molecule has 1 unspecified atom stereocenters. The first-order valence-electron chi connectivity index (χ1n) is 25.3. The number of ether oxygens (including phenoxy) is 5. The summed E-state index contributed by atoms with van der Waals surface area (Å²) in [5, 5.41) is 113. The number of fused-ring (bicyclic) bond motifs is 2. The van der Waals surface area contributed by atoms with Crippen LogP contribution >= 0.6 is 0 Å². The van der Waals surface area contributed by atoms with Crippen molar-refractivity contribution >= 4 is 17.8 Å². The van der Waals surface area contributed by atoms with E-state index in [0.29, 0.717) is 0 Å². The Hall–Kier alpha value is -4.41. The van der Waals surface area contributed by atoms with Crippen LogP contribution in [0.25, 0.3) is 0 Å². The number of rotatable bonds is 7. The Balaban J connectivity index is 1.97. The molecule has 3 aliphatic heterocycles. The average molecular weight is 1050 g/mol. The molecule has 3 rings (SSSR count). The fourth-order valence-electron chi connectivity index (χ4n) is 8.84. The van der Waals surface area contributed by atoms with Gasteiger partial charge in [-0.3, -0.25) is 14.4 Å². The second-order valence-corrected chi connectivity index (χ2v) is 19.7. The van der Waals surface area contributed by atoms with Crippen LogP contribution in [0.4, 0.5) is 0 Å². The molecule has 3 heterocycles. The highest BCUT2D eigenvalue weighted by Gasteiger charge is 2.52. The minimum absolute atomic E-state index is 0.108. The molecule has 1 amide bonds. The number of allylic oxidation sites excluding steroid dienone is 12. The number of aliphatic hydroxyl groups is 10. The lowest BCUT2D eigenvalue weighted by Crippen LogP contribution is -2.64. The van der Waals surface area contributed by atoms with Gasteiger partial charge in [0.15, 0.2) is 18.7 Å². The number of esters is 2. The molecule has 0 aromatic rings. The van der Waals surface area contributed by atoms with Gasteiger partial charge in [-0.15, -0.1) is 6.42 Å². The lowest BCUT2D eigenvalue weighted by Gasteiger charge is -2.46. The molecule has 0 aliphatic carbocycles. The van der Waals surface area contributed by atoms with Crippen molar-refractivity contribution in [2.45, 2.75) is 196 Å². The van der Waals surface area contributed by atoms with Crippen molar-refractivity contribution < 1.29 is 89.1 Å². The summed E-state index contributed by atoms with van der Waals surface area (Å²) in [6.07, 6.45) is 7.74. The summed E-state index contributed by atoms with van der Waals surface area (Å²) in [5.74, 6) is -4.71. The lowest BCUT2D eigenvalue weighted by molar-refractivity contribution is -0.309. The van der Waals surface area contributed by atoms with Gasteiger partial charge in [-0.25, -0.2) is 0 Å². The second-order valence-electron chi connectivity index (χ2n) is 19.7. The molecule has 20 atom stereocenters. The van der Waals surface area contributed by atoms with Gasteiger partial charge in [-0.1, -0.05) is 105 Å². The van der Waals surface area contributed by atoms with Crippen molar-refractivity contribution in [1.29, 1.82) is 0 Å². The first-order chi connectivity index (χ1) is 34.9. The molecule has 2 fully saturated rings. The standard InChI is InChI=1S/C54H82N2O18/c1-7-24-70-52(68)47-43(62)31-54(69)30-39(59)27-42(61)41(60)23-22-37(57)26-38(58)28-46(64)71-35(5)34(4)49(65)32(2)20-18-16-14-12-10-8-9-11-13-15-17-19-21-40(29-44(47)74-54)73-53-51(67)48(50(66)36(6)72-53)56-45(63)25-33(3)55/h1,8-21,32-44,47-51,53,57-62,65-67,69H,22-31,55H2,2-6H3,(H,56,63)/b9-8+,12-10+,13-11+,16-14+,17-15+,20-18+,21-19+/t32-,33?,34-,35-,36+,37+,38+,39-,40-,41+,42+,43-,44-,47+,48-,49+,50+,51-,53-,54+/m0/s1. The van der Waals surface area contributed by atoms with Gasteiger partial charge in [0.1, 0.15) is 24.2 Å². The van der Waals surface area contributed by atoms with E-state index in [9.17, 15) is 65.4 Å². The first-order valence-corrected chi connectivity index (χ1v) is 25.3. The molecule has 20 heteroatoms. The Kier molecular flexibility index (Phi) is 27.8. The summed E-state index contributed by atoms with van der Waals surface area (Å²) in [4.78, 5) is 38.9. The number of nitrogens with two attached hydrogens (primary N) is 1. The maximum Gasteiger partial charge on any atom is 0.315 e. The van der Waals surface area contributed by atoms with Crippen molar-refractivity contribution in [3.05, 3.63) is 85.1 Å². The van der Waals surface area contributed by atoms with Gasteiger partial charge in [0.25, 0.3) is 0 Å². The number of carbonyl (C=O) groups is 3. The Morgan fingerprint density at radius 3 is 1.95 bits per heavy atom. The molecule has 20 nitrogen and oxygen atoms in total. The Bertz CT molecular complexity index is 1980. The number of amides is 1. The van der Waals surface area contributed by atoms with Gasteiger partial charge in [0.05, 0.1) is 73.5 Å². The predicted molar refractivity (Wildman–Crippen MR) is 271 cm³/mol. The van der Waals surface area contributed by atoms with E-state index in [2.05, 4.69) is 11.2 Å². The zero-order valence-corrected chi connectivity index (χ0v) is 43.0. The van der Waals surface area contributed by atoms with Crippen molar-refractivity contribution in [2.75, 3.05) is 6.61 Å². The molecule has 0 radical (unpaired) electrons. The third-order valence-electron chi connectivity index (χ3n) is 13.1. The van der Waals surface area contributed by atoms with Crippen LogP contribution in [0.15, 0.2) is 85.1 Å². The Morgan fingerprint density at radius 1 is 0.757 bits per heavy atom. The van der Waals surface area contributed by atoms with E-state index in [4.69, 9.17) is 35.8 Å². The third kappa shape index (κ3) is 22.0. The third-order valence-corrected chi connectivity index (χ3v) is 13.1. The van der Waals surface area contributed by atoms with E-state index in [-0.39, 0.29) is 38.0 Å². The lowest BCUT2D eigenvalue weighted by atomic mass is 9.82. The van der Waals surface area contributed by atoms with Crippen molar-refractivity contribution in [3.63, 3.8) is 0 Å². The Morgan fingerprint density at radius 2 is 1.35 bits per heavy atom. The van der Waals surface area contributed by atoms with Crippen LogP contribution < -0.4 is 11.1 Å². The smallest absolute Gasteiger partial charge is 0.315 e. The number of cyclic esters (lactones) is 1. The Labute approximate surface area is 434 Å². The SMILES string of the molecule is C#CCOC(=O)[C@H]1[C@@H]2C[C@@H](O[C@@H]3O[C@H](C)[C@@H](O)[C@H](NC(=O)CC(C)N)[C@@H]3O)/C=C/C=C/C=C/C=C/C=C/C=C/C=C/[C@H](C)[C@@H](O)[C@@H](C)[C@H](C)OC(=O)C[C@H](O)C[C@H](O)CC[C@@H](O)[C@H](O)C[C@H](O)C[C@](O)(C[C@@H]1O)O2. The molecule has 416 valence electrons. The molecule has 2 bridgehead atoms. The average Bonchev–Trinajstić information content (AvgIpc) is 3.31. The van der Waals surface area contributed by atoms with Gasteiger partial charge in [0.2, 0.25) is 5.91 Å². The van der Waals surface area contributed by atoms with E-state index in [1.54, 1.807) is 93.7 Å². The minimum Gasteiger partial charge on any atom is -0.462 e. The fraction of sp³-hybridized carbons (Fsp3) is 0.648. The molecule has 13 N–H and O–H groups in total. The van der Waals surface area contributed by atoms with Crippen LogP contribution in [-0.4, -0.2) is 179 Å². The first kappa shape index (κ1) is 63.9. The second kappa shape index (κ2) is 32.2. The summed E-state index contributed by atoms with van der Waals surface area (Å²) < 4.78 is 29.0. The topological polar surface area (TPSA) is 338 Å². The largest absolute Gasteiger partial charge is 0.462 e. The van der Waals surface area contributed by atoms with Crippen LogP contribution in [0.5, 0.6) is 0 Å². The van der Waals surface area contributed by atoms with E-state index < -0.39 is 165 Å². The van der Waals surface area contributed by atoms with Gasteiger partial charge >= 0.3 is 11.9 Å². The van der Waals surface area contributed by atoms with E-state index in [0.717, 1.165) is 0 Å². The maximum atomic E-state index is 13.5. The van der Waals surface area contributed by atoms with Crippen molar-refractivity contribution in [3.8, 4) is 12.3 Å². The summed E-state index contributed by atoms with van der Waals surface area (Å²) in [5.41, 5.74) is 5.80. The molecule has 0 spiro atoms. The maximum absolute atomic E-state index is 13.5. The van der Waals surface area contributed by atoms with Crippen LogP contribution in [-0.2, 0) is 38.1 Å². The molecule has 74 heavy (non-hydrogen) atoms. The van der Waals surface area contributed by atoms with E-state index in [1.807, 2.05) is 13.0 Å². The van der Waals surface area contributed by atoms with Crippen LogP contribution in [0.1, 0.15) is 92.4 Å². The quantitative estimate of drug-likeness (QED) is 0.123. The summed E-state index contributed by atoms with van der Waals surface area (Å²) >= 11 is 0. The molecule has 2 saturated heterocycles. The van der Waals surface area contributed by atoms with Crippen molar-refractivity contribution in [2.24, 2.45) is 23.5 Å². The van der Waals surface area contributed by atoms with Crippen LogP contribution in [0.3, 0.4) is 0 Å². The molecule has 0 saturated carbocycles. The molecule has 3 aliphatic rings. The summed E-state index contributed by atoms with van der Waals surface area (Å²) in [6, 6.07) is -1.79. The van der Waals surface area contributed by atoms with Crippen molar-refractivity contribution in [1.82, 2.24) is 5.32 Å². The molecular formula is C54H82N2O18. The highest BCUT2D eigenvalue weighted by Crippen LogP contribution is 2.39. The number of nitrogens with one attached hydrogen (secondary N) is 1. The van der Waals surface area contributed by atoms with Gasteiger partial charge in [0, 0.05) is 50.0 Å². The summed E-state index contributed by atoms with van der Waals surface area (Å²) in [6.45, 7) is 7.85. The van der Waals surface area contributed by atoms with Gasteiger partial charge < -0.3 is 85.8 Å². The zero-order valence-electron chi connectivity index (χ0n) is 43.0.